The maximum atomic E-state index is 13.1. The van der Waals surface area contributed by atoms with E-state index >= 15 is 0 Å². The van der Waals surface area contributed by atoms with Gasteiger partial charge >= 0.3 is 11.9 Å². The Morgan fingerprint density at radius 3 is 2.38 bits per heavy atom. The Hall–Kier alpha value is -3.43. The normalized spacial score (nSPS) is 21.8. The first-order valence-corrected chi connectivity index (χ1v) is 14.9. The second-order valence-corrected chi connectivity index (χ2v) is 11.7. The molecule has 1 aliphatic rings. The molecule has 42 heavy (non-hydrogen) atoms. The van der Waals surface area contributed by atoms with Crippen LogP contribution in [0.15, 0.2) is 54.6 Å². The van der Waals surface area contributed by atoms with Gasteiger partial charge < -0.3 is 30.3 Å². The second kappa shape index (κ2) is 15.7. The number of rotatable bonds is 15. The van der Waals surface area contributed by atoms with Crippen LogP contribution >= 0.6 is 0 Å². The maximum Gasteiger partial charge on any atom is 0.328 e. The van der Waals surface area contributed by atoms with Crippen LogP contribution < -0.4 is 15.4 Å². The number of methoxy groups -OCH3 is 1. The fraction of sp³-hybridized carbons (Fsp3) is 0.545. The van der Waals surface area contributed by atoms with Crippen molar-refractivity contribution in [3.8, 4) is 5.75 Å². The van der Waals surface area contributed by atoms with Gasteiger partial charge in [0.05, 0.1) is 25.7 Å². The van der Waals surface area contributed by atoms with E-state index < -0.39 is 48.1 Å². The minimum Gasteiger partial charge on any atom is -0.484 e. The summed E-state index contributed by atoms with van der Waals surface area (Å²) in [6.07, 6.45) is 2.95. The number of hydrogen-bond donors (Lipinski definition) is 4. The Bertz CT molecular complexity index is 1170. The number of para-hydroxylation sites is 1. The zero-order chi connectivity index (χ0) is 30.7. The number of carboxylic acids is 1. The highest BCUT2D eigenvalue weighted by molar-refractivity contribution is 5.90. The fourth-order valence-corrected chi connectivity index (χ4v) is 5.78. The van der Waals surface area contributed by atoms with E-state index in [-0.39, 0.29) is 12.3 Å². The molecule has 0 aliphatic heterocycles. The number of nitrogens with one attached hydrogen (secondary N) is 2. The molecule has 230 valence electrons. The minimum atomic E-state index is -1.13. The molecular weight excluding hydrogens is 536 g/mol. The van der Waals surface area contributed by atoms with Crippen molar-refractivity contribution < 1.29 is 34.1 Å². The van der Waals surface area contributed by atoms with Gasteiger partial charge in [-0.1, -0.05) is 69.3 Å². The average Bonchev–Trinajstić information content (AvgIpc) is 2.96. The molecule has 0 saturated heterocycles. The maximum absolute atomic E-state index is 13.1. The molecule has 1 saturated carbocycles. The molecule has 0 bridgehead atoms. The van der Waals surface area contributed by atoms with Gasteiger partial charge in [0.15, 0.2) is 0 Å². The summed E-state index contributed by atoms with van der Waals surface area (Å²) in [6, 6.07) is 15.0. The zero-order valence-electron chi connectivity index (χ0n) is 25.2. The first-order valence-electron chi connectivity index (χ1n) is 14.9. The summed E-state index contributed by atoms with van der Waals surface area (Å²) < 4.78 is 11.5. The topological polar surface area (TPSA) is 134 Å². The van der Waals surface area contributed by atoms with Crippen molar-refractivity contribution in [1.29, 1.82) is 0 Å². The standard InChI is InChI=1S/C33H46N2O7/c1-22(2)33(21-23(3)16-17-29(33)36)42-28-15-9-8-13-25(28)14-10-18-34-26(20-30(37)38)31(39)35-27(32(40)41-4)19-24-11-6-5-7-12-24/h5-9,11-13,15,22-23,26-27,29,34,36H,10,14,16-21H2,1-4H3,(H,35,39)(H,37,38)/t23?,26-,27-,29?,33?/m0/s1. The van der Waals surface area contributed by atoms with Gasteiger partial charge in [-0.05, 0) is 67.7 Å². The average molecular weight is 583 g/mol. The van der Waals surface area contributed by atoms with Crippen molar-refractivity contribution in [2.24, 2.45) is 11.8 Å². The molecule has 9 heteroatoms. The van der Waals surface area contributed by atoms with Crippen LogP contribution in [0, 0.1) is 11.8 Å². The number of ether oxygens (including phenoxy) is 2. The van der Waals surface area contributed by atoms with Gasteiger partial charge in [-0.15, -0.1) is 0 Å². The summed E-state index contributed by atoms with van der Waals surface area (Å²) in [5, 5.41) is 26.2. The highest BCUT2D eigenvalue weighted by Gasteiger charge is 2.47. The van der Waals surface area contributed by atoms with Crippen LogP contribution in [-0.2, 0) is 32.0 Å². The molecule has 5 atom stereocenters. The molecule has 0 aromatic heterocycles. The Labute approximate surface area is 249 Å². The van der Waals surface area contributed by atoms with Gasteiger partial charge in [0.1, 0.15) is 17.4 Å². The van der Waals surface area contributed by atoms with Gasteiger partial charge in [-0.25, -0.2) is 4.79 Å². The van der Waals surface area contributed by atoms with Gasteiger partial charge in [0.2, 0.25) is 5.91 Å². The molecule has 9 nitrogen and oxygen atoms in total. The Morgan fingerprint density at radius 1 is 1.02 bits per heavy atom. The predicted octanol–water partition coefficient (Wildman–Crippen LogP) is 3.91. The van der Waals surface area contributed by atoms with Crippen LogP contribution in [0.5, 0.6) is 5.75 Å². The van der Waals surface area contributed by atoms with Gasteiger partial charge in [-0.3, -0.25) is 9.59 Å². The lowest BCUT2D eigenvalue weighted by molar-refractivity contribution is -0.145. The van der Waals surface area contributed by atoms with Crippen LogP contribution in [0.4, 0.5) is 0 Å². The number of hydrogen-bond acceptors (Lipinski definition) is 7. The van der Waals surface area contributed by atoms with E-state index in [0.717, 1.165) is 29.7 Å². The number of carboxylic acid groups (broad SMARTS) is 1. The molecule has 1 aliphatic carbocycles. The van der Waals surface area contributed by atoms with E-state index in [1.165, 1.54) is 7.11 Å². The predicted molar refractivity (Wildman–Crippen MR) is 160 cm³/mol. The van der Waals surface area contributed by atoms with Crippen molar-refractivity contribution in [2.45, 2.75) is 89.5 Å². The van der Waals surface area contributed by atoms with Crippen LogP contribution in [0.1, 0.15) is 64.0 Å². The van der Waals surface area contributed by atoms with Gasteiger partial charge in [-0.2, -0.15) is 0 Å². The van der Waals surface area contributed by atoms with E-state index in [4.69, 9.17) is 9.47 Å². The van der Waals surface area contributed by atoms with Gasteiger partial charge in [0.25, 0.3) is 0 Å². The highest BCUT2D eigenvalue weighted by Crippen LogP contribution is 2.42. The van der Waals surface area contributed by atoms with E-state index in [0.29, 0.717) is 31.7 Å². The molecule has 4 N–H and O–H groups in total. The summed E-state index contributed by atoms with van der Waals surface area (Å²) >= 11 is 0. The molecule has 0 heterocycles. The van der Waals surface area contributed by atoms with Crippen LogP contribution in [0.3, 0.4) is 0 Å². The Kier molecular flexibility index (Phi) is 12.4. The number of amides is 1. The van der Waals surface area contributed by atoms with Gasteiger partial charge in [0, 0.05) is 6.42 Å². The highest BCUT2D eigenvalue weighted by atomic mass is 16.5. The summed E-state index contributed by atoms with van der Waals surface area (Å²) in [7, 11) is 1.25. The number of aryl methyl sites for hydroxylation is 1. The summed E-state index contributed by atoms with van der Waals surface area (Å²) in [4.78, 5) is 37.1. The molecular formula is C33H46N2O7. The lowest BCUT2D eigenvalue weighted by Crippen LogP contribution is -2.55. The molecule has 0 radical (unpaired) electrons. The number of aliphatic carboxylic acids is 1. The summed E-state index contributed by atoms with van der Waals surface area (Å²) in [6.45, 7) is 6.75. The first-order chi connectivity index (χ1) is 20.1. The number of benzene rings is 2. The number of aliphatic hydroxyl groups is 1. The lowest BCUT2D eigenvalue weighted by Gasteiger charge is -2.47. The van der Waals surface area contributed by atoms with Crippen molar-refractivity contribution in [2.75, 3.05) is 13.7 Å². The van der Waals surface area contributed by atoms with Crippen LogP contribution in [0.2, 0.25) is 0 Å². The number of esters is 1. The minimum absolute atomic E-state index is 0.121. The number of carbonyl (C=O) groups excluding carboxylic acids is 2. The number of aliphatic hydroxyl groups excluding tert-OH is 1. The van der Waals surface area contributed by atoms with Crippen LogP contribution in [-0.4, -0.2) is 65.5 Å². The number of carbonyl (C=O) groups is 3. The largest absolute Gasteiger partial charge is 0.484 e. The summed E-state index contributed by atoms with van der Waals surface area (Å²) in [5.74, 6) is -0.993. The van der Waals surface area contributed by atoms with E-state index in [1.54, 1.807) is 0 Å². The second-order valence-electron chi connectivity index (χ2n) is 11.7. The lowest BCUT2D eigenvalue weighted by atomic mass is 9.71. The third kappa shape index (κ3) is 9.03. The molecule has 2 aromatic rings. The molecule has 3 unspecified atom stereocenters. The van der Waals surface area contributed by atoms with Crippen molar-refractivity contribution >= 4 is 17.8 Å². The smallest absolute Gasteiger partial charge is 0.328 e. The molecule has 3 rings (SSSR count). The van der Waals surface area contributed by atoms with Crippen molar-refractivity contribution in [3.63, 3.8) is 0 Å². The zero-order valence-corrected chi connectivity index (χ0v) is 25.2. The molecule has 2 aromatic carbocycles. The van der Waals surface area contributed by atoms with Crippen molar-refractivity contribution in [1.82, 2.24) is 10.6 Å². The summed E-state index contributed by atoms with van der Waals surface area (Å²) in [5.41, 5.74) is 1.16. The van der Waals surface area contributed by atoms with E-state index in [1.807, 2.05) is 54.6 Å². The fourth-order valence-electron chi connectivity index (χ4n) is 5.78. The molecule has 1 amide bonds. The first kappa shape index (κ1) is 33.1. The third-order valence-corrected chi connectivity index (χ3v) is 8.21. The van der Waals surface area contributed by atoms with E-state index in [2.05, 4.69) is 31.4 Å². The molecule has 1 fully saturated rings. The van der Waals surface area contributed by atoms with E-state index in [9.17, 15) is 24.6 Å². The third-order valence-electron chi connectivity index (χ3n) is 8.21. The Morgan fingerprint density at radius 2 is 1.71 bits per heavy atom. The van der Waals surface area contributed by atoms with Crippen molar-refractivity contribution in [3.05, 3.63) is 65.7 Å². The van der Waals surface area contributed by atoms with Crippen LogP contribution in [0.25, 0.3) is 0 Å². The monoisotopic (exact) mass is 582 g/mol. The quantitative estimate of drug-likeness (QED) is 0.184. The SMILES string of the molecule is COC(=O)[C@H](Cc1ccccc1)NC(=O)[C@H](CC(=O)O)NCCCc1ccccc1OC1(C(C)C)CC(C)CCC1O. The Balaban J connectivity index is 1.64. The molecule has 0 spiro atoms.